The number of carbonyl (C=O) groups is 2. The third kappa shape index (κ3) is 6.53. The molecule has 0 aliphatic rings. The number of ether oxygens (including phenoxy) is 2. The number of carboxylic acids is 1. The van der Waals surface area contributed by atoms with Gasteiger partial charge in [-0.3, -0.25) is 5.32 Å². The Kier molecular flexibility index (Phi) is 8.43. The van der Waals surface area contributed by atoms with E-state index in [0.717, 1.165) is 12.1 Å². The van der Waals surface area contributed by atoms with E-state index in [0.29, 0.717) is 0 Å². The summed E-state index contributed by atoms with van der Waals surface area (Å²) in [6.07, 6.45) is 0. The predicted molar refractivity (Wildman–Crippen MR) is 91.4 cm³/mol. The maximum atomic E-state index is 11.9. The van der Waals surface area contributed by atoms with Crippen LogP contribution in [0.2, 0.25) is 0 Å². The number of para-hydroxylation sites is 1. The fourth-order valence-corrected chi connectivity index (χ4v) is 2.47. The number of rotatable bonds is 7. The summed E-state index contributed by atoms with van der Waals surface area (Å²) < 4.78 is 39.8. The fraction of sp³-hybridized carbons (Fsp3) is 0.143. The Morgan fingerprint density at radius 1 is 1.11 bits per heavy atom. The van der Waals surface area contributed by atoms with Crippen LogP contribution in [0, 0.1) is 0 Å². The second-order valence-corrected chi connectivity index (χ2v) is 5.95. The topological polar surface area (TPSA) is 166 Å². The van der Waals surface area contributed by atoms with Gasteiger partial charge in [-0.15, -0.1) is 0 Å². The number of hydrogen-bond acceptors (Lipinski definition) is 9. The first kappa shape index (κ1) is 23.4. The van der Waals surface area contributed by atoms with Crippen molar-refractivity contribution in [2.24, 2.45) is 0 Å². The molecular weight excluding hydrogens is 407 g/mol. The number of carbonyl (C=O) groups excluding carboxylic acids is 1. The van der Waals surface area contributed by atoms with Crippen LogP contribution in [-0.4, -0.2) is 49.7 Å². The molecule has 146 valence electrons. The smallest absolute Gasteiger partial charge is 1.00 e. The Hall–Kier alpha value is -2.61. The number of methoxy groups -OCH3 is 2. The van der Waals surface area contributed by atoms with Crippen LogP contribution < -0.4 is 53.3 Å². The van der Waals surface area contributed by atoms with E-state index in [9.17, 15) is 18.0 Å². The van der Waals surface area contributed by atoms with Crippen molar-refractivity contribution < 1.29 is 67.8 Å². The van der Waals surface area contributed by atoms with Crippen molar-refractivity contribution in [1.82, 2.24) is 14.7 Å². The number of aromatic carboxylic acids is 1. The largest absolute Gasteiger partial charge is 1.00 e. The Bertz CT molecular complexity index is 954. The molecule has 0 aliphatic heterocycles. The maximum Gasteiger partial charge on any atom is 1.00 e. The van der Waals surface area contributed by atoms with Gasteiger partial charge in [-0.25, -0.2) is 14.3 Å². The Morgan fingerprint density at radius 2 is 1.68 bits per heavy atom. The van der Waals surface area contributed by atoms with Gasteiger partial charge in [-0.2, -0.15) is 18.4 Å². The molecule has 1 aromatic heterocycles. The number of amides is 2. The molecule has 0 saturated heterocycles. The summed E-state index contributed by atoms with van der Waals surface area (Å²) in [6.45, 7) is 0. The van der Waals surface area contributed by atoms with E-state index >= 15 is 0 Å². The number of benzene rings is 1. The number of urea groups is 1. The second-order valence-electron chi connectivity index (χ2n) is 4.67. The minimum Gasteiger partial charge on any atom is -1.00 e. The summed E-state index contributed by atoms with van der Waals surface area (Å²) in [5.74, 6) is -2.05. The third-order valence-corrected chi connectivity index (χ3v) is 3.69. The van der Waals surface area contributed by atoms with Gasteiger partial charge in [0.2, 0.25) is 17.7 Å². The first-order valence-corrected chi connectivity index (χ1v) is 8.47. The summed E-state index contributed by atoms with van der Waals surface area (Å²) in [7, 11) is -2.04. The molecule has 12 nitrogen and oxygen atoms in total. The summed E-state index contributed by atoms with van der Waals surface area (Å²) in [6, 6.07) is 5.11. The van der Waals surface area contributed by atoms with Crippen LogP contribution in [-0.2, 0) is 10.3 Å². The Labute approximate surface area is 183 Å². The van der Waals surface area contributed by atoms with Gasteiger partial charge in [0.1, 0.15) is 5.56 Å². The Morgan fingerprint density at radius 3 is 2.21 bits per heavy atom. The summed E-state index contributed by atoms with van der Waals surface area (Å²) in [5, 5.41) is 11.1. The zero-order valence-electron chi connectivity index (χ0n) is 16.0. The van der Waals surface area contributed by atoms with Crippen molar-refractivity contribution >= 4 is 28.3 Å². The molecule has 14 heteroatoms. The molecule has 2 amide bonds. The van der Waals surface area contributed by atoms with E-state index in [1.165, 1.54) is 37.1 Å². The zero-order valence-corrected chi connectivity index (χ0v) is 17.8. The number of hydrogen-bond donors (Lipinski definition) is 3. The molecule has 0 atom stereocenters. The monoisotopic (exact) mass is 422 g/mol. The van der Waals surface area contributed by atoms with E-state index in [4.69, 9.17) is 14.6 Å². The standard InChI is InChI=1S/C14H14N4O8S.Na.H/c1-24-10-7-11(25-2)16-13(15-10)17-14(21)18-27(22,23)26-9-6-4-3-5-8(9)12(19)20;;/h3-7H,1-2H3,(H,19,20)(H2,15,16,17,18,21);;/q;+1;-1. The number of nitrogens with zero attached hydrogens (tertiary/aromatic N) is 2. The van der Waals surface area contributed by atoms with Gasteiger partial charge >= 0.3 is 51.9 Å². The van der Waals surface area contributed by atoms with E-state index in [2.05, 4.69) is 19.5 Å². The van der Waals surface area contributed by atoms with Gasteiger partial charge in [0.15, 0.2) is 5.75 Å². The number of anilines is 1. The van der Waals surface area contributed by atoms with Crippen LogP contribution >= 0.6 is 0 Å². The minimum atomic E-state index is -4.68. The van der Waals surface area contributed by atoms with Crippen molar-refractivity contribution in [1.29, 1.82) is 0 Å². The molecule has 1 heterocycles. The molecule has 0 saturated carbocycles. The number of carboxylic acid groups (broad SMARTS) is 1. The van der Waals surface area contributed by atoms with E-state index in [1.807, 2.05) is 0 Å². The molecular formula is C14H15N4NaO8S. The molecule has 1 aromatic carbocycles. The number of nitrogens with one attached hydrogen (secondary N) is 2. The average Bonchev–Trinajstić information content (AvgIpc) is 2.60. The summed E-state index contributed by atoms with van der Waals surface area (Å²) in [4.78, 5) is 30.5. The first-order valence-electron chi connectivity index (χ1n) is 7.06. The molecule has 2 aromatic rings. The van der Waals surface area contributed by atoms with Crippen LogP contribution in [0.5, 0.6) is 17.5 Å². The van der Waals surface area contributed by atoms with Gasteiger partial charge in [0.25, 0.3) is 0 Å². The Balaban J connectivity index is 0.00000392. The summed E-state index contributed by atoms with van der Waals surface area (Å²) in [5.41, 5.74) is -0.399. The normalized spacial score (nSPS) is 10.2. The van der Waals surface area contributed by atoms with Gasteiger partial charge in [0.05, 0.1) is 20.3 Å². The van der Waals surface area contributed by atoms with Crippen molar-refractivity contribution in [3.8, 4) is 17.5 Å². The zero-order chi connectivity index (χ0) is 20.0. The second kappa shape index (κ2) is 10.1. The average molecular weight is 422 g/mol. The van der Waals surface area contributed by atoms with Gasteiger partial charge in [0, 0.05) is 0 Å². The molecule has 0 radical (unpaired) electrons. The number of aromatic nitrogens is 2. The molecule has 0 unspecified atom stereocenters. The maximum absolute atomic E-state index is 11.9. The molecule has 3 N–H and O–H groups in total. The van der Waals surface area contributed by atoms with E-state index in [1.54, 1.807) is 0 Å². The van der Waals surface area contributed by atoms with Crippen LogP contribution in [0.4, 0.5) is 10.7 Å². The molecule has 0 fully saturated rings. The van der Waals surface area contributed by atoms with Crippen molar-refractivity contribution in [3.63, 3.8) is 0 Å². The van der Waals surface area contributed by atoms with Crippen molar-refractivity contribution in [3.05, 3.63) is 35.9 Å². The molecule has 2 rings (SSSR count). The molecule has 0 bridgehead atoms. The minimum absolute atomic E-state index is 0. The predicted octanol–water partition coefficient (Wildman–Crippen LogP) is -2.25. The van der Waals surface area contributed by atoms with Gasteiger partial charge < -0.3 is 20.2 Å². The van der Waals surface area contributed by atoms with Crippen LogP contribution in [0.3, 0.4) is 0 Å². The van der Waals surface area contributed by atoms with E-state index < -0.39 is 33.6 Å². The van der Waals surface area contributed by atoms with E-state index in [-0.39, 0.29) is 48.7 Å². The first-order chi connectivity index (χ1) is 12.7. The molecule has 0 aliphatic carbocycles. The van der Waals surface area contributed by atoms with Gasteiger partial charge in [-0.05, 0) is 12.1 Å². The van der Waals surface area contributed by atoms with Crippen LogP contribution in [0.1, 0.15) is 11.8 Å². The summed E-state index contributed by atoms with van der Waals surface area (Å²) >= 11 is 0. The molecule has 0 spiro atoms. The molecule has 28 heavy (non-hydrogen) atoms. The fourth-order valence-electron chi connectivity index (χ4n) is 1.76. The third-order valence-electron chi connectivity index (χ3n) is 2.86. The van der Waals surface area contributed by atoms with Gasteiger partial charge in [-0.1, -0.05) is 12.1 Å². The van der Waals surface area contributed by atoms with Crippen LogP contribution in [0.15, 0.2) is 30.3 Å². The van der Waals surface area contributed by atoms with Crippen molar-refractivity contribution in [2.45, 2.75) is 0 Å². The SMILES string of the molecule is COc1cc(OC)nc(NC(=O)NS(=O)(=O)Oc2ccccc2C(=O)O)n1.[H-].[Na+]. The quantitative estimate of drug-likeness (QED) is 0.415. The van der Waals surface area contributed by atoms with Crippen LogP contribution in [0.25, 0.3) is 0 Å². The van der Waals surface area contributed by atoms with Crippen molar-refractivity contribution in [2.75, 3.05) is 19.5 Å².